The van der Waals surface area contributed by atoms with Crippen molar-refractivity contribution < 1.29 is 10.2 Å². The molecule has 0 aliphatic rings. The van der Waals surface area contributed by atoms with E-state index in [-0.39, 0.29) is 23.7 Å². The Labute approximate surface area is 364 Å². The van der Waals surface area contributed by atoms with Gasteiger partial charge in [-0.05, 0) is 168 Å². The molecule has 4 nitrogen and oxygen atoms in total. The van der Waals surface area contributed by atoms with Crippen LogP contribution in [0.15, 0.2) is 60.7 Å². The van der Waals surface area contributed by atoms with Crippen molar-refractivity contribution in [1.29, 1.82) is 0 Å². The van der Waals surface area contributed by atoms with Crippen LogP contribution in [-0.4, -0.2) is 49.3 Å². The van der Waals surface area contributed by atoms with Crippen molar-refractivity contribution in [3.05, 3.63) is 111 Å². The Morgan fingerprint density at radius 2 is 0.667 bits per heavy atom. The molecule has 0 aliphatic carbocycles. The van der Waals surface area contributed by atoms with Crippen LogP contribution in [0.25, 0.3) is 44.5 Å². The molecule has 0 spiro atoms. The highest BCUT2D eigenvalue weighted by Gasteiger charge is 2.28. The molecule has 0 aromatic heterocycles. The van der Waals surface area contributed by atoms with Gasteiger partial charge in [0.2, 0.25) is 0 Å². The van der Waals surface area contributed by atoms with Crippen LogP contribution in [0.1, 0.15) is 169 Å². The van der Waals surface area contributed by atoms with E-state index < -0.39 is 0 Å². The maximum atomic E-state index is 12.8. The first-order chi connectivity index (χ1) is 28.0. The highest BCUT2D eigenvalue weighted by molar-refractivity contribution is 5.99. The SMILES string of the molecule is Cc1cc(-c2cc(C)cc(-c3cc(C)cc(-c4c(C(C)C)cc(C(C)C)cc4C(C)C)c3O)c2N(C)CCN(C)C)c(O)c(-c2c(C(C)C)cc(C(C)C)cc2C(C)C)c1. The number of benzene rings is 5. The lowest BCUT2D eigenvalue weighted by molar-refractivity contribution is 0.416. The lowest BCUT2D eigenvalue weighted by atomic mass is 9.79. The van der Waals surface area contributed by atoms with Crippen molar-refractivity contribution in [2.45, 2.75) is 139 Å². The predicted molar refractivity (Wildman–Crippen MR) is 262 cm³/mol. The van der Waals surface area contributed by atoms with Crippen LogP contribution < -0.4 is 4.90 Å². The van der Waals surface area contributed by atoms with E-state index in [1.54, 1.807) is 0 Å². The van der Waals surface area contributed by atoms with E-state index in [1.807, 2.05) is 0 Å². The fourth-order valence-electron chi connectivity index (χ4n) is 8.95. The van der Waals surface area contributed by atoms with Crippen LogP contribution in [0.3, 0.4) is 0 Å². The number of phenols is 2. The van der Waals surface area contributed by atoms with E-state index in [4.69, 9.17) is 0 Å². The van der Waals surface area contributed by atoms with Gasteiger partial charge in [0.25, 0.3) is 0 Å². The summed E-state index contributed by atoms with van der Waals surface area (Å²) in [5, 5.41) is 25.7. The summed E-state index contributed by atoms with van der Waals surface area (Å²) in [5.74, 6) is 2.46. The molecule has 60 heavy (non-hydrogen) atoms. The summed E-state index contributed by atoms with van der Waals surface area (Å²) in [4.78, 5) is 4.53. The van der Waals surface area contributed by atoms with Gasteiger partial charge in [-0.25, -0.2) is 0 Å². The molecule has 322 valence electrons. The molecule has 5 rings (SSSR count). The van der Waals surface area contributed by atoms with Crippen LogP contribution >= 0.6 is 0 Å². The van der Waals surface area contributed by atoms with Crippen molar-refractivity contribution in [2.75, 3.05) is 39.1 Å². The quantitative estimate of drug-likeness (QED) is 0.117. The van der Waals surface area contributed by atoms with E-state index in [2.05, 4.69) is 195 Å². The molecule has 0 saturated carbocycles. The summed E-state index contributed by atoms with van der Waals surface area (Å²) in [5.41, 5.74) is 19.6. The lowest BCUT2D eigenvalue weighted by Crippen LogP contribution is -2.29. The second-order valence-corrected chi connectivity index (χ2v) is 19.9. The molecule has 0 saturated heterocycles. The fourth-order valence-corrected chi connectivity index (χ4v) is 8.95. The molecule has 0 bridgehead atoms. The van der Waals surface area contributed by atoms with Gasteiger partial charge in [0.1, 0.15) is 11.5 Å². The molecule has 0 heterocycles. The minimum Gasteiger partial charge on any atom is -0.507 e. The van der Waals surface area contributed by atoms with Gasteiger partial charge in [-0.3, -0.25) is 0 Å². The zero-order chi connectivity index (χ0) is 44.7. The van der Waals surface area contributed by atoms with Gasteiger partial charge in [-0.1, -0.05) is 107 Å². The molecule has 5 aromatic rings. The predicted octanol–water partition coefficient (Wildman–Crippen LogP) is 15.4. The van der Waals surface area contributed by atoms with Crippen molar-refractivity contribution in [3.63, 3.8) is 0 Å². The van der Waals surface area contributed by atoms with E-state index >= 15 is 0 Å². The van der Waals surface area contributed by atoms with Gasteiger partial charge in [-0.15, -0.1) is 0 Å². The van der Waals surface area contributed by atoms with Gasteiger partial charge in [0.15, 0.2) is 0 Å². The first-order valence-corrected chi connectivity index (χ1v) is 22.6. The maximum Gasteiger partial charge on any atom is 0.131 e. The number of nitrogens with zero attached hydrogens (tertiary/aromatic N) is 2. The Hall–Kier alpha value is -4.54. The number of likely N-dealkylation sites (N-methyl/N-ethyl adjacent to an activating group) is 2. The monoisotopic (exact) mass is 809 g/mol. The third-order valence-electron chi connectivity index (χ3n) is 12.4. The van der Waals surface area contributed by atoms with E-state index in [9.17, 15) is 10.2 Å². The highest BCUT2D eigenvalue weighted by atomic mass is 16.3. The van der Waals surface area contributed by atoms with Crippen LogP contribution in [0.2, 0.25) is 0 Å². The fraction of sp³-hybridized carbons (Fsp3) is 0.464. The van der Waals surface area contributed by atoms with Crippen LogP contribution in [-0.2, 0) is 0 Å². The molecule has 0 amide bonds. The van der Waals surface area contributed by atoms with Gasteiger partial charge in [0.05, 0.1) is 5.69 Å². The van der Waals surface area contributed by atoms with Crippen LogP contribution in [0.4, 0.5) is 5.69 Å². The summed E-state index contributed by atoms with van der Waals surface area (Å²) in [6.45, 7) is 35.2. The average molecular weight is 809 g/mol. The third kappa shape index (κ3) is 9.50. The average Bonchev–Trinajstić information content (AvgIpc) is 3.16. The molecule has 0 fully saturated rings. The second-order valence-electron chi connectivity index (χ2n) is 19.9. The van der Waals surface area contributed by atoms with E-state index in [1.165, 1.54) is 33.4 Å². The summed E-state index contributed by atoms with van der Waals surface area (Å²) >= 11 is 0. The molecule has 2 N–H and O–H groups in total. The molecule has 0 aliphatic heterocycles. The smallest absolute Gasteiger partial charge is 0.131 e. The Bertz CT molecular complexity index is 2130. The number of aromatic hydroxyl groups is 2. The van der Waals surface area contributed by atoms with Gasteiger partial charge in [0, 0.05) is 53.5 Å². The van der Waals surface area contributed by atoms with Crippen molar-refractivity contribution in [3.8, 4) is 56.0 Å². The minimum absolute atomic E-state index is 0.269. The van der Waals surface area contributed by atoms with Gasteiger partial charge < -0.3 is 20.0 Å². The molecular weight excluding hydrogens is 733 g/mol. The van der Waals surface area contributed by atoms with Crippen molar-refractivity contribution in [2.24, 2.45) is 0 Å². The third-order valence-corrected chi connectivity index (χ3v) is 12.4. The van der Waals surface area contributed by atoms with Crippen LogP contribution in [0, 0.1) is 20.8 Å². The van der Waals surface area contributed by atoms with Crippen molar-refractivity contribution >= 4 is 5.69 Å². The highest BCUT2D eigenvalue weighted by Crippen LogP contribution is 2.52. The van der Waals surface area contributed by atoms with Crippen molar-refractivity contribution in [1.82, 2.24) is 4.90 Å². The zero-order valence-electron chi connectivity index (χ0n) is 40.4. The van der Waals surface area contributed by atoms with Crippen LogP contribution in [0.5, 0.6) is 11.5 Å². The Morgan fingerprint density at radius 1 is 0.383 bits per heavy atom. The van der Waals surface area contributed by atoms with Gasteiger partial charge >= 0.3 is 0 Å². The van der Waals surface area contributed by atoms with E-state index in [0.29, 0.717) is 23.3 Å². The topological polar surface area (TPSA) is 46.9 Å². The summed E-state index contributed by atoms with van der Waals surface area (Å²) in [6.07, 6.45) is 0. The number of hydrogen-bond acceptors (Lipinski definition) is 4. The molecule has 0 atom stereocenters. The molecule has 4 heteroatoms. The first-order valence-electron chi connectivity index (χ1n) is 22.6. The number of rotatable bonds is 14. The first kappa shape index (κ1) is 46.5. The maximum absolute atomic E-state index is 12.8. The molecule has 0 unspecified atom stereocenters. The minimum atomic E-state index is 0.269. The molecule has 0 radical (unpaired) electrons. The zero-order valence-corrected chi connectivity index (χ0v) is 40.4. The molecular formula is C56H76N2O2. The van der Waals surface area contributed by atoms with Gasteiger partial charge in [-0.2, -0.15) is 0 Å². The largest absolute Gasteiger partial charge is 0.507 e. The lowest BCUT2D eigenvalue weighted by Gasteiger charge is -2.30. The Morgan fingerprint density at radius 3 is 0.933 bits per heavy atom. The summed E-state index contributed by atoms with van der Waals surface area (Å²) in [7, 11) is 6.36. The number of phenolic OH excluding ortho intramolecular Hbond substituents is 2. The number of hydrogen-bond donors (Lipinski definition) is 2. The normalized spacial score (nSPS) is 12.2. The summed E-state index contributed by atoms with van der Waals surface area (Å²) < 4.78 is 0. The second kappa shape index (κ2) is 18.6. The number of anilines is 1. The number of aryl methyl sites for hydroxylation is 3. The van der Waals surface area contributed by atoms with E-state index in [0.717, 1.165) is 80.0 Å². The standard InChI is InChI=1S/C56H76N2O2/c1-31(2)40-27-42(33(5)6)52(43(28-40)34(7)8)50-25-38(14)23-48(55(50)59)46-21-37(13)22-47(54(46)58(18)20-19-57(16)17)49-24-39(15)26-51(56(49)60)53-44(35(9)10)29-41(32(3)4)30-45(53)36(11)12/h21-36,59-60H,19-20H2,1-18H3. The molecule has 5 aromatic carbocycles. The Balaban J connectivity index is 1.92. The summed E-state index contributed by atoms with van der Waals surface area (Å²) in [6, 6.07) is 22.6. The Kier molecular flexibility index (Phi) is 14.4.